The van der Waals surface area contributed by atoms with Crippen LogP contribution in [0.1, 0.15) is 45.4 Å². The predicted octanol–water partition coefficient (Wildman–Crippen LogP) is 1.68. The van der Waals surface area contributed by atoms with E-state index in [2.05, 4.69) is 17.6 Å². The second kappa shape index (κ2) is 4.60. The van der Waals surface area contributed by atoms with Gasteiger partial charge in [-0.1, -0.05) is 6.42 Å². The lowest BCUT2D eigenvalue weighted by molar-refractivity contribution is -0.127. The van der Waals surface area contributed by atoms with E-state index in [4.69, 9.17) is 0 Å². The Hall–Kier alpha value is -0.570. The zero-order valence-corrected chi connectivity index (χ0v) is 10.7. The number of carbonyl (C=O) groups excluding carboxylic acids is 1. The molecule has 0 spiro atoms. The molecule has 1 saturated heterocycles. The van der Waals surface area contributed by atoms with Crippen molar-refractivity contribution in [2.24, 2.45) is 17.8 Å². The van der Waals surface area contributed by atoms with Gasteiger partial charge in [-0.25, -0.2) is 0 Å². The number of carbonyl (C=O) groups is 1. The molecule has 3 fully saturated rings. The molecular weight excluding hydrogens is 212 g/mol. The highest BCUT2D eigenvalue weighted by Crippen LogP contribution is 2.44. The van der Waals surface area contributed by atoms with Crippen LogP contribution >= 0.6 is 0 Å². The third-order valence-electron chi connectivity index (χ3n) is 5.06. The highest BCUT2D eigenvalue weighted by atomic mass is 16.1. The molecule has 2 aliphatic carbocycles. The molecule has 3 nitrogen and oxygen atoms in total. The van der Waals surface area contributed by atoms with Crippen LogP contribution in [0.25, 0.3) is 0 Å². The molecule has 0 aromatic heterocycles. The second-order valence-electron chi connectivity index (χ2n) is 6.37. The minimum atomic E-state index is 0.255. The van der Waals surface area contributed by atoms with Gasteiger partial charge in [-0.2, -0.15) is 0 Å². The Kier molecular flexibility index (Phi) is 3.12. The summed E-state index contributed by atoms with van der Waals surface area (Å²) < 4.78 is 0. The van der Waals surface area contributed by atoms with Crippen LogP contribution in [0.5, 0.6) is 0 Å². The molecule has 1 heterocycles. The van der Waals surface area contributed by atoms with Crippen LogP contribution in [0.3, 0.4) is 0 Å². The topological polar surface area (TPSA) is 41.1 Å². The van der Waals surface area contributed by atoms with Gasteiger partial charge in [0, 0.05) is 18.0 Å². The van der Waals surface area contributed by atoms with Gasteiger partial charge in [0.2, 0.25) is 5.91 Å². The molecule has 0 aromatic carbocycles. The predicted molar refractivity (Wildman–Crippen MR) is 67.6 cm³/mol. The fourth-order valence-corrected chi connectivity index (χ4v) is 4.09. The first-order valence-electron chi connectivity index (χ1n) is 7.26. The van der Waals surface area contributed by atoms with Gasteiger partial charge < -0.3 is 10.6 Å². The summed E-state index contributed by atoms with van der Waals surface area (Å²) in [6.07, 6.45) is 7.38. The van der Waals surface area contributed by atoms with Crippen molar-refractivity contribution >= 4 is 5.91 Å². The van der Waals surface area contributed by atoms with Crippen LogP contribution in [0.4, 0.5) is 0 Å². The van der Waals surface area contributed by atoms with E-state index in [1.165, 1.54) is 25.7 Å². The van der Waals surface area contributed by atoms with E-state index < -0.39 is 0 Å². The standard InChI is InChI=1S/C14H24N2O/c1-9-6-12(4-5-15-9)14(17)16-13-8-10-2-3-11(13)7-10/h9-13,15H,2-8H2,1H3,(H,16,17). The van der Waals surface area contributed by atoms with Crippen molar-refractivity contribution in [2.75, 3.05) is 6.54 Å². The Morgan fingerprint density at radius 2 is 2.06 bits per heavy atom. The summed E-state index contributed by atoms with van der Waals surface area (Å²) >= 11 is 0. The maximum Gasteiger partial charge on any atom is 0.223 e. The van der Waals surface area contributed by atoms with Gasteiger partial charge in [0.15, 0.2) is 0 Å². The van der Waals surface area contributed by atoms with Gasteiger partial charge in [-0.15, -0.1) is 0 Å². The Morgan fingerprint density at radius 1 is 1.18 bits per heavy atom. The van der Waals surface area contributed by atoms with Crippen molar-refractivity contribution in [1.29, 1.82) is 0 Å². The summed E-state index contributed by atoms with van der Waals surface area (Å²) in [7, 11) is 0. The average Bonchev–Trinajstić information content (AvgIpc) is 2.91. The van der Waals surface area contributed by atoms with Crippen LogP contribution in [-0.2, 0) is 4.79 Å². The number of amides is 1. The summed E-state index contributed by atoms with van der Waals surface area (Å²) in [5, 5.41) is 6.74. The molecule has 3 rings (SSSR count). The highest BCUT2D eigenvalue weighted by Gasteiger charge is 2.40. The monoisotopic (exact) mass is 236 g/mol. The van der Waals surface area contributed by atoms with Crippen molar-refractivity contribution in [1.82, 2.24) is 10.6 Å². The third-order valence-corrected chi connectivity index (χ3v) is 5.06. The summed E-state index contributed by atoms with van der Waals surface area (Å²) in [4.78, 5) is 12.2. The van der Waals surface area contributed by atoms with Crippen LogP contribution < -0.4 is 10.6 Å². The lowest BCUT2D eigenvalue weighted by Gasteiger charge is -2.30. The number of hydrogen-bond donors (Lipinski definition) is 2. The van der Waals surface area contributed by atoms with E-state index in [9.17, 15) is 4.79 Å². The second-order valence-corrected chi connectivity index (χ2v) is 6.37. The molecule has 1 amide bonds. The van der Waals surface area contributed by atoms with E-state index >= 15 is 0 Å². The molecule has 17 heavy (non-hydrogen) atoms. The SMILES string of the molecule is CC1CC(C(=O)NC2CC3CCC2C3)CCN1. The van der Waals surface area contributed by atoms with E-state index in [1.54, 1.807) is 0 Å². The van der Waals surface area contributed by atoms with Crippen molar-refractivity contribution < 1.29 is 4.79 Å². The Bertz CT molecular complexity index is 305. The maximum absolute atomic E-state index is 12.2. The fraction of sp³-hybridized carbons (Fsp3) is 0.929. The molecule has 3 heteroatoms. The molecule has 3 aliphatic rings. The van der Waals surface area contributed by atoms with E-state index in [1.807, 2.05) is 0 Å². The Labute approximate surface area is 104 Å². The maximum atomic E-state index is 12.2. The van der Waals surface area contributed by atoms with Gasteiger partial charge >= 0.3 is 0 Å². The largest absolute Gasteiger partial charge is 0.353 e. The molecule has 0 radical (unpaired) electrons. The van der Waals surface area contributed by atoms with Crippen molar-refractivity contribution in [2.45, 2.75) is 57.5 Å². The minimum Gasteiger partial charge on any atom is -0.353 e. The van der Waals surface area contributed by atoms with Crippen LogP contribution in [0.15, 0.2) is 0 Å². The van der Waals surface area contributed by atoms with Crippen molar-refractivity contribution in [3.05, 3.63) is 0 Å². The highest BCUT2D eigenvalue weighted by molar-refractivity contribution is 5.79. The van der Waals surface area contributed by atoms with Crippen molar-refractivity contribution in [3.63, 3.8) is 0 Å². The lowest BCUT2D eigenvalue weighted by Crippen LogP contribution is -2.46. The van der Waals surface area contributed by atoms with Gasteiger partial charge in [0.05, 0.1) is 0 Å². The molecule has 0 aromatic rings. The first-order valence-corrected chi connectivity index (χ1v) is 7.26. The van der Waals surface area contributed by atoms with E-state index in [-0.39, 0.29) is 5.92 Å². The molecular formula is C14H24N2O. The van der Waals surface area contributed by atoms with Crippen LogP contribution in [0, 0.1) is 17.8 Å². The van der Waals surface area contributed by atoms with Crippen LogP contribution in [0.2, 0.25) is 0 Å². The van der Waals surface area contributed by atoms with Gasteiger partial charge in [0.1, 0.15) is 0 Å². The fourth-order valence-electron chi connectivity index (χ4n) is 4.09. The quantitative estimate of drug-likeness (QED) is 0.766. The first kappa shape index (κ1) is 11.5. The zero-order chi connectivity index (χ0) is 11.8. The normalized spacial score (nSPS) is 44.9. The summed E-state index contributed by atoms with van der Waals surface area (Å²) in [6, 6.07) is 1.01. The smallest absolute Gasteiger partial charge is 0.223 e. The Balaban J connectivity index is 1.53. The van der Waals surface area contributed by atoms with Crippen LogP contribution in [-0.4, -0.2) is 24.5 Å². The minimum absolute atomic E-state index is 0.255. The molecule has 2 bridgehead atoms. The first-order chi connectivity index (χ1) is 8.22. The molecule has 96 valence electrons. The van der Waals surface area contributed by atoms with E-state index in [0.717, 1.165) is 31.2 Å². The number of rotatable bonds is 2. The number of fused-ring (bicyclic) bond motifs is 2. The van der Waals surface area contributed by atoms with Gasteiger partial charge in [-0.05, 0) is 57.4 Å². The molecule has 5 unspecified atom stereocenters. The van der Waals surface area contributed by atoms with Crippen molar-refractivity contribution in [3.8, 4) is 0 Å². The number of hydrogen-bond acceptors (Lipinski definition) is 2. The summed E-state index contributed by atoms with van der Waals surface area (Å²) in [6.45, 7) is 3.17. The van der Waals surface area contributed by atoms with E-state index in [0.29, 0.717) is 18.0 Å². The van der Waals surface area contributed by atoms with Gasteiger partial charge in [0.25, 0.3) is 0 Å². The third kappa shape index (κ3) is 2.35. The lowest BCUT2D eigenvalue weighted by atomic mass is 9.90. The summed E-state index contributed by atoms with van der Waals surface area (Å²) in [5.41, 5.74) is 0. The Morgan fingerprint density at radius 3 is 2.71 bits per heavy atom. The van der Waals surface area contributed by atoms with Gasteiger partial charge in [-0.3, -0.25) is 4.79 Å². The number of piperidine rings is 1. The average molecular weight is 236 g/mol. The molecule has 2 N–H and O–H groups in total. The zero-order valence-electron chi connectivity index (χ0n) is 10.7. The number of nitrogens with one attached hydrogen (secondary N) is 2. The molecule has 5 atom stereocenters. The molecule has 2 saturated carbocycles. The molecule has 1 aliphatic heterocycles. The summed E-state index contributed by atoms with van der Waals surface area (Å²) in [5.74, 6) is 2.29.